The van der Waals surface area contributed by atoms with Crippen molar-refractivity contribution in [2.24, 2.45) is 23.1 Å². The quantitative estimate of drug-likeness (QED) is 0.139. The number of benzene rings is 1. The van der Waals surface area contributed by atoms with Crippen molar-refractivity contribution in [3.63, 3.8) is 0 Å². The number of carbonyl (C=O) groups excluding carboxylic acids is 5. The minimum atomic E-state index is -1.50. The fourth-order valence-electron chi connectivity index (χ4n) is 3.30. The number of primary amides is 2. The highest BCUT2D eigenvalue weighted by atomic mass is 16.4. The predicted octanol–water partition coefficient (Wildman–Crippen LogP) is -2.11. The van der Waals surface area contributed by atoms with E-state index in [4.69, 9.17) is 17.2 Å². The first-order valence-corrected chi connectivity index (χ1v) is 11.3. The summed E-state index contributed by atoms with van der Waals surface area (Å²) in [7, 11) is 0. The lowest BCUT2D eigenvalue weighted by molar-refractivity contribution is -0.142. The molecule has 36 heavy (non-hydrogen) atoms. The monoisotopic (exact) mass is 506 g/mol. The van der Waals surface area contributed by atoms with Gasteiger partial charge in [-0.25, -0.2) is 4.79 Å². The van der Waals surface area contributed by atoms with Crippen LogP contribution in [0.3, 0.4) is 0 Å². The minimum Gasteiger partial charge on any atom is -0.480 e. The molecule has 5 amide bonds. The highest BCUT2D eigenvalue weighted by Crippen LogP contribution is 2.08. The van der Waals surface area contributed by atoms with Gasteiger partial charge in [-0.2, -0.15) is 0 Å². The largest absolute Gasteiger partial charge is 0.480 e. The Balaban J connectivity index is 3.01. The van der Waals surface area contributed by atoms with E-state index in [2.05, 4.69) is 16.0 Å². The number of rotatable bonds is 15. The van der Waals surface area contributed by atoms with Crippen molar-refractivity contribution < 1.29 is 33.9 Å². The van der Waals surface area contributed by atoms with Crippen LogP contribution in [0.15, 0.2) is 30.3 Å². The first kappa shape index (κ1) is 30.0. The summed E-state index contributed by atoms with van der Waals surface area (Å²) in [5.74, 6) is -5.68. The SMILES string of the molecule is CC(C)CC(NC(=O)C(N)CC(N)=O)C(=O)NC(CC(N)=O)C(=O)NC(Cc1ccccc1)C(=O)O. The highest BCUT2D eigenvalue weighted by Gasteiger charge is 2.31. The van der Waals surface area contributed by atoms with Crippen LogP contribution >= 0.6 is 0 Å². The fourth-order valence-corrected chi connectivity index (χ4v) is 3.30. The van der Waals surface area contributed by atoms with Gasteiger partial charge in [-0.15, -0.1) is 0 Å². The van der Waals surface area contributed by atoms with Gasteiger partial charge in [0.15, 0.2) is 0 Å². The van der Waals surface area contributed by atoms with E-state index in [1.807, 2.05) is 0 Å². The first-order valence-electron chi connectivity index (χ1n) is 11.3. The molecule has 4 atom stereocenters. The van der Waals surface area contributed by atoms with Gasteiger partial charge in [-0.1, -0.05) is 44.2 Å². The molecule has 0 spiro atoms. The molecule has 0 saturated heterocycles. The average Bonchev–Trinajstić information content (AvgIpc) is 2.77. The van der Waals surface area contributed by atoms with E-state index in [0.717, 1.165) is 0 Å². The van der Waals surface area contributed by atoms with E-state index in [1.165, 1.54) is 0 Å². The Labute approximate surface area is 208 Å². The first-order chi connectivity index (χ1) is 16.8. The van der Waals surface area contributed by atoms with Crippen LogP contribution in [0.25, 0.3) is 0 Å². The summed E-state index contributed by atoms with van der Waals surface area (Å²) in [5.41, 5.74) is 16.6. The highest BCUT2D eigenvalue weighted by molar-refractivity contribution is 5.96. The molecule has 0 saturated carbocycles. The van der Waals surface area contributed by atoms with Crippen LogP contribution in [0, 0.1) is 5.92 Å². The number of carboxylic acid groups (broad SMARTS) is 1. The summed E-state index contributed by atoms with van der Waals surface area (Å²) >= 11 is 0. The standard InChI is InChI=1S/C23H34N6O7/c1-12(2)8-15(27-20(32)14(24)10-18(25)30)21(33)28-16(11-19(26)31)22(34)29-17(23(35)36)9-13-6-4-3-5-7-13/h3-7,12,14-17H,8-11,24H2,1-2H3,(H2,25,30)(H2,26,31)(H,27,32)(H,28,33)(H,29,34)(H,35,36). The zero-order valence-electron chi connectivity index (χ0n) is 20.2. The Morgan fingerprint density at radius 3 is 1.78 bits per heavy atom. The molecule has 198 valence electrons. The smallest absolute Gasteiger partial charge is 0.326 e. The van der Waals surface area contributed by atoms with Gasteiger partial charge in [0.1, 0.15) is 18.1 Å². The average molecular weight is 507 g/mol. The summed E-state index contributed by atoms with van der Waals surface area (Å²) in [6.45, 7) is 3.56. The predicted molar refractivity (Wildman–Crippen MR) is 129 cm³/mol. The lowest BCUT2D eigenvalue weighted by Gasteiger charge is -2.25. The van der Waals surface area contributed by atoms with Crippen LogP contribution in [0.1, 0.15) is 38.7 Å². The third-order valence-corrected chi connectivity index (χ3v) is 5.03. The second-order valence-electron chi connectivity index (χ2n) is 8.79. The molecule has 10 N–H and O–H groups in total. The summed E-state index contributed by atoms with van der Waals surface area (Å²) in [5, 5.41) is 16.6. The number of nitrogens with one attached hydrogen (secondary N) is 3. The Kier molecular flexibility index (Phi) is 12.0. The Hall–Kier alpha value is -4.00. The Morgan fingerprint density at radius 1 is 0.778 bits per heavy atom. The topological polar surface area (TPSA) is 237 Å². The molecular formula is C23H34N6O7. The second kappa shape index (κ2) is 14.4. The van der Waals surface area contributed by atoms with Gasteiger partial charge < -0.3 is 38.3 Å². The van der Waals surface area contributed by atoms with Crippen molar-refractivity contribution in [3.8, 4) is 0 Å². The molecule has 0 heterocycles. The van der Waals surface area contributed by atoms with Crippen molar-refractivity contribution in [3.05, 3.63) is 35.9 Å². The number of amides is 5. The molecule has 13 nitrogen and oxygen atoms in total. The molecule has 0 radical (unpaired) electrons. The third kappa shape index (κ3) is 11.0. The van der Waals surface area contributed by atoms with E-state index < -0.39 is 72.5 Å². The number of nitrogens with two attached hydrogens (primary N) is 3. The molecular weight excluding hydrogens is 472 g/mol. The van der Waals surface area contributed by atoms with Gasteiger partial charge in [0.2, 0.25) is 29.5 Å². The van der Waals surface area contributed by atoms with E-state index in [9.17, 15) is 33.9 Å². The molecule has 0 bridgehead atoms. The normalized spacial score (nSPS) is 14.1. The summed E-state index contributed by atoms with van der Waals surface area (Å²) < 4.78 is 0. The lowest BCUT2D eigenvalue weighted by atomic mass is 10.0. The molecule has 0 aliphatic heterocycles. The van der Waals surface area contributed by atoms with Crippen molar-refractivity contribution >= 4 is 35.5 Å². The zero-order valence-corrected chi connectivity index (χ0v) is 20.2. The number of hydrogen-bond donors (Lipinski definition) is 7. The van der Waals surface area contributed by atoms with Crippen molar-refractivity contribution in [1.29, 1.82) is 0 Å². The molecule has 1 aromatic carbocycles. The maximum absolute atomic E-state index is 13.0. The summed E-state index contributed by atoms with van der Waals surface area (Å²) in [6.07, 6.45) is -0.953. The molecule has 4 unspecified atom stereocenters. The Bertz CT molecular complexity index is 954. The van der Waals surface area contributed by atoms with Gasteiger partial charge >= 0.3 is 5.97 Å². The van der Waals surface area contributed by atoms with E-state index in [-0.39, 0.29) is 18.8 Å². The number of aliphatic carboxylic acids is 1. The van der Waals surface area contributed by atoms with Gasteiger partial charge in [0.05, 0.1) is 18.9 Å². The molecule has 13 heteroatoms. The molecule has 1 rings (SSSR count). The summed E-state index contributed by atoms with van der Waals surface area (Å²) in [6, 6.07) is 3.25. The Morgan fingerprint density at radius 2 is 1.28 bits per heavy atom. The number of carbonyl (C=O) groups is 6. The van der Waals surface area contributed by atoms with Crippen LogP contribution in [-0.4, -0.2) is 64.8 Å². The number of hydrogen-bond acceptors (Lipinski definition) is 7. The molecule has 0 fully saturated rings. The van der Waals surface area contributed by atoms with Crippen molar-refractivity contribution in [1.82, 2.24) is 16.0 Å². The van der Waals surface area contributed by atoms with Crippen LogP contribution in [-0.2, 0) is 35.2 Å². The van der Waals surface area contributed by atoms with Crippen LogP contribution in [0.2, 0.25) is 0 Å². The van der Waals surface area contributed by atoms with Crippen molar-refractivity contribution in [2.75, 3.05) is 0 Å². The van der Waals surface area contributed by atoms with E-state index in [0.29, 0.717) is 5.56 Å². The molecule has 0 aliphatic carbocycles. The van der Waals surface area contributed by atoms with Crippen LogP contribution in [0.5, 0.6) is 0 Å². The van der Waals surface area contributed by atoms with E-state index in [1.54, 1.807) is 44.2 Å². The maximum atomic E-state index is 13.0. The summed E-state index contributed by atoms with van der Waals surface area (Å²) in [4.78, 5) is 72.5. The van der Waals surface area contributed by atoms with E-state index >= 15 is 0 Å². The lowest BCUT2D eigenvalue weighted by Crippen LogP contribution is -2.58. The molecule has 0 aromatic heterocycles. The van der Waals surface area contributed by atoms with Crippen molar-refractivity contribution in [2.45, 2.75) is 63.7 Å². The maximum Gasteiger partial charge on any atom is 0.326 e. The van der Waals surface area contributed by atoms with Gasteiger partial charge in [0.25, 0.3) is 0 Å². The second-order valence-corrected chi connectivity index (χ2v) is 8.79. The minimum absolute atomic E-state index is 0.0388. The van der Waals surface area contributed by atoms with Gasteiger partial charge in [0, 0.05) is 6.42 Å². The van der Waals surface area contributed by atoms with Gasteiger partial charge in [-0.3, -0.25) is 24.0 Å². The van der Waals surface area contributed by atoms with Crippen LogP contribution < -0.4 is 33.2 Å². The third-order valence-electron chi connectivity index (χ3n) is 5.03. The number of carboxylic acids is 1. The van der Waals surface area contributed by atoms with Gasteiger partial charge in [-0.05, 0) is 17.9 Å². The molecule has 1 aromatic rings. The molecule has 0 aliphatic rings. The van der Waals surface area contributed by atoms with Crippen LogP contribution in [0.4, 0.5) is 0 Å². The fraction of sp³-hybridized carbons (Fsp3) is 0.478. The zero-order chi connectivity index (χ0) is 27.4.